The summed E-state index contributed by atoms with van der Waals surface area (Å²) in [4.78, 5) is 47.8. The van der Waals surface area contributed by atoms with Gasteiger partial charge in [0.25, 0.3) is 0 Å². The zero-order valence-electron chi connectivity index (χ0n) is 24.9. The molecule has 2 aromatic rings. The van der Waals surface area contributed by atoms with Gasteiger partial charge in [-0.05, 0) is 75.8 Å². The number of carbonyl (C=O) groups is 3. The van der Waals surface area contributed by atoms with Crippen LogP contribution >= 0.6 is 11.8 Å². The molecule has 3 aliphatic heterocycles. The average Bonchev–Trinajstić information content (AvgIpc) is 3.38. The van der Waals surface area contributed by atoms with Crippen molar-refractivity contribution in [2.75, 3.05) is 19.7 Å². The molecule has 1 saturated heterocycles. The minimum absolute atomic E-state index is 0.0343. The van der Waals surface area contributed by atoms with E-state index in [1.807, 2.05) is 85.7 Å². The van der Waals surface area contributed by atoms with E-state index in [0.29, 0.717) is 60.5 Å². The fourth-order valence-electron chi connectivity index (χ4n) is 5.49. The smallest absolute Gasteiger partial charge is 0.338 e. The standard InChI is InChI=1S/C33H37N3O6S/c1-5-40-31(38)23-14-16-35(17-15-23)28(37)19-25-20-43-33-34-22(4)29(32(39)41-21(2)3)30(36(25)33)24-10-9-13-27(18-24)42-26-11-7-6-8-12-26/h6-13,18,20-21,23,30H,5,14-17,19H2,1-4H3/t30-/m1/s1. The molecule has 5 rings (SSSR count). The van der Waals surface area contributed by atoms with Crippen molar-refractivity contribution in [3.8, 4) is 11.5 Å². The topological polar surface area (TPSA) is 97.7 Å². The molecule has 9 nitrogen and oxygen atoms in total. The van der Waals surface area contributed by atoms with Gasteiger partial charge in [0.05, 0.1) is 42.4 Å². The van der Waals surface area contributed by atoms with Crippen LogP contribution in [0.1, 0.15) is 58.6 Å². The van der Waals surface area contributed by atoms with Crippen LogP contribution in [0, 0.1) is 5.92 Å². The van der Waals surface area contributed by atoms with E-state index in [0.717, 1.165) is 11.3 Å². The van der Waals surface area contributed by atoms with E-state index in [9.17, 15) is 14.4 Å². The van der Waals surface area contributed by atoms with Crippen LogP contribution in [0.4, 0.5) is 0 Å². The first-order valence-electron chi connectivity index (χ1n) is 14.7. The first kappa shape index (κ1) is 30.4. The number of ether oxygens (including phenoxy) is 3. The van der Waals surface area contributed by atoms with Crippen LogP contribution in [0.25, 0.3) is 0 Å². The van der Waals surface area contributed by atoms with Crippen molar-refractivity contribution >= 4 is 34.8 Å². The molecule has 0 radical (unpaired) electrons. The highest BCUT2D eigenvalue weighted by molar-refractivity contribution is 8.16. The van der Waals surface area contributed by atoms with Crippen LogP contribution in [0.3, 0.4) is 0 Å². The number of amides is 1. The predicted octanol–water partition coefficient (Wildman–Crippen LogP) is 6.20. The molecule has 1 fully saturated rings. The third-order valence-corrected chi connectivity index (χ3v) is 8.40. The van der Waals surface area contributed by atoms with Crippen molar-refractivity contribution in [1.82, 2.24) is 9.80 Å². The monoisotopic (exact) mass is 603 g/mol. The Hall–Kier alpha value is -4.05. The number of fused-ring (bicyclic) bond motifs is 1. The molecular formula is C33H37N3O6S. The lowest BCUT2D eigenvalue weighted by atomic mass is 9.93. The van der Waals surface area contributed by atoms with Gasteiger partial charge in [-0.3, -0.25) is 9.59 Å². The lowest BCUT2D eigenvalue weighted by Gasteiger charge is -2.37. The van der Waals surface area contributed by atoms with Crippen molar-refractivity contribution in [3.05, 3.63) is 82.5 Å². The molecule has 0 aromatic heterocycles. The molecule has 1 amide bonds. The number of rotatable bonds is 9. The van der Waals surface area contributed by atoms with Gasteiger partial charge >= 0.3 is 11.9 Å². The van der Waals surface area contributed by atoms with Crippen LogP contribution in [-0.4, -0.2) is 58.6 Å². The lowest BCUT2D eigenvalue weighted by Crippen LogP contribution is -2.42. The summed E-state index contributed by atoms with van der Waals surface area (Å²) in [5.41, 5.74) is 2.56. The second-order valence-electron chi connectivity index (χ2n) is 10.9. The number of thioether (sulfide) groups is 1. The number of carbonyl (C=O) groups excluding carboxylic acids is 3. The molecule has 3 heterocycles. The fraction of sp³-hybridized carbons (Fsp3) is 0.394. The molecule has 1 atom stereocenters. The molecule has 226 valence electrons. The Morgan fingerprint density at radius 3 is 2.44 bits per heavy atom. The number of piperidine rings is 1. The maximum atomic E-state index is 13.5. The van der Waals surface area contributed by atoms with Gasteiger partial charge in [-0.2, -0.15) is 0 Å². The Bertz CT molecular complexity index is 1460. The van der Waals surface area contributed by atoms with Crippen molar-refractivity contribution in [3.63, 3.8) is 0 Å². The van der Waals surface area contributed by atoms with Gasteiger partial charge in [-0.25, -0.2) is 9.79 Å². The normalized spacial score (nSPS) is 18.7. The third-order valence-electron chi connectivity index (χ3n) is 7.52. The Morgan fingerprint density at radius 2 is 1.74 bits per heavy atom. The molecule has 10 heteroatoms. The van der Waals surface area contributed by atoms with Crippen LogP contribution < -0.4 is 4.74 Å². The van der Waals surface area contributed by atoms with Crippen LogP contribution in [-0.2, 0) is 23.9 Å². The quantitative estimate of drug-likeness (QED) is 0.313. The van der Waals surface area contributed by atoms with Gasteiger partial charge in [0.1, 0.15) is 11.5 Å². The molecular weight excluding hydrogens is 566 g/mol. The minimum atomic E-state index is -0.568. The van der Waals surface area contributed by atoms with Gasteiger partial charge in [-0.1, -0.05) is 42.1 Å². The number of nitrogens with zero attached hydrogens (tertiary/aromatic N) is 3. The first-order chi connectivity index (χ1) is 20.7. The molecule has 0 saturated carbocycles. The van der Waals surface area contributed by atoms with Crippen molar-refractivity contribution < 1.29 is 28.6 Å². The second-order valence-corrected chi connectivity index (χ2v) is 11.8. The second kappa shape index (κ2) is 13.5. The van der Waals surface area contributed by atoms with Crippen LogP contribution in [0.15, 0.2) is 82.0 Å². The number of aliphatic imine (C=N–C) groups is 1. The summed E-state index contributed by atoms with van der Waals surface area (Å²) in [6.45, 7) is 8.59. The van der Waals surface area contributed by atoms with E-state index in [1.54, 1.807) is 11.8 Å². The minimum Gasteiger partial charge on any atom is -0.466 e. The zero-order valence-corrected chi connectivity index (χ0v) is 25.8. The Labute approximate surface area is 256 Å². The van der Waals surface area contributed by atoms with E-state index in [-0.39, 0.29) is 30.3 Å². The SMILES string of the molecule is CCOC(=O)C1CCN(C(=O)CC2=CSC3=NC(C)=C(C(=O)OC(C)C)[C@@H](c4cccc(Oc5ccccc5)c4)N23)CC1. The summed E-state index contributed by atoms with van der Waals surface area (Å²) in [6, 6.07) is 16.6. The molecule has 43 heavy (non-hydrogen) atoms. The van der Waals surface area contributed by atoms with E-state index in [2.05, 4.69) is 0 Å². The van der Waals surface area contributed by atoms with Crippen LogP contribution in [0.2, 0.25) is 0 Å². The van der Waals surface area contributed by atoms with Gasteiger partial charge in [0.15, 0.2) is 5.17 Å². The number of amidine groups is 1. The molecule has 0 unspecified atom stereocenters. The fourth-order valence-corrected chi connectivity index (χ4v) is 6.45. The number of hydrogen-bond acceptors (Lipinski definition) is 9. The van der Waals surface area contributed by atoms with Gasteiger partial charge in [-0.15, -0.1) is 0 Å². The summed E-state index contributed by atoms with van der Waals surface area (Å²) in [7, 11) is 0. The van der Waals surface area contributed by atoms with Crippen molar-refractivity contribution in [2.24, 2.45) is 10.9 Å². The molecule has 3 aliphatic rings. The summed E-state index contributed by atoms with van der Waals surface area (Å²) < 4.78 is 17.0. The largest absolute Gasteiger partial charge is 0.466 e. The van der Waals surface area contributed by atoms with Gasteiger partial charge < -0.3 is 24.0 Å². The molecule has 0 aliphatic carbocycles. The molecule has 0 N–H and O–H groups in total. The predicted molar refractivity (Wildman–Crippen MR) is 165 cm³/mol. The summed E-state index contributed by atoms with van der Waals surface area (Å²) in [5.74, 6) is 0.476. The highest BCUT2D eigenvalue weighted by Crippen LogP contribution is 2.45. The molecule has 0 spiro atoms. The van der Waals surface area contributed by atoms with Crippen molar-refractivity contribution in [2.45, 2.75) is 59.1 Å². The van der Waals surface area contributed by atoms with Gasteiger partial charge in [0.2, 0.25) is 5.91 Å². The number of para-hydroxylation sites is 1. The Balaban J connectivity index is 1.41. The first-order valence-corrected chi connectivity index (χ1v) is 15.6. The summed E-state index contributed by atoms with van der Waals surface area (Å²) in [5, 5.41) is 2.63. The highest BCUT2D eigenvalue weighted by atomic mass is 32.2. The summed E-state index contributed by atoms with van der Waals surface area (Å²) >= 11 is 1.43. The number of allylic oxidation sites excluding steroid dienone is 1. The van der Waals surface area contributed by atoms with E-state index in [4.69, 9.17) is 19.2 Å². The van der Waals surface area contributed by atoms with Gasteiger partial charge in [0, 0.05) is 18.8 Å². The Kier molecular flexibility index (Phi) is 9.55. The van der Waals surface area contributed by atoms with Crippen molar-refractivity contribution in [1.29, 1.82) is 0 Å². The zero-order chi connectivity index (χ0) is 30.5. The van der Waals surface area contributed by atoms with E-state index in [1.165, 1.54) is 11.8 Å². The molecule has 2 aromatic carbocycles. The highest BCUT2D eigenvalue weighted by Gasteiger charge is 2.42. The van der Waals surface area contributed by atoms with E-state index < -0.39 is 12.0 Å². The summed E-state index contributed by atoms with van der Waals surface area (Å²) in [6.07, 6.45) is 0.990. The molecule has 0 bridgehead atoms. The lowest BCUT2D eigenvalue weighted by molar-refractivity contribution is -0.151. The Morgan fingerprint density at radius 1 is 1.02 bits per heavy atom. The van der Waals surface area contributed by atoms with E-state index >= 15 is 0 Å². The number of benzene rings is 2. The number of esters is 2. The third kappa shape index (κ3) is 6.96. The maximum Gasteiger partial charge on any atom is 0.338 e. The van der Waals surface area contributed by atoms with Crippen LogP contribution in [0.5, 0.6) is 11.5 Å². The number of likely N-dealkylation sites (tertiary alicyclic amines) is 1. The maximum absolute atomic E-state index is 13.5. The number of hydrogen-bond donors (Lipinski definition) is 0. The average molecular weight is 604 g/mol.